The molecular weight excluding hydrogens is 415 g/mol. The summed E-state index contributed by atoms with van der Waals surface area (Å²) in [7, 11) is -10.4. The predicted octanol–water partition coefficient (Wildman–Crippen LogP) is 2.20. The topological polar surface area (TPSA) is 133 Å². The van der Waals surface area contributed by atoms with Crippen LogP contribution >= 0.6 is 7.94 Å². The first kappa shape index (κ1) is 23.7. The van der Waals surface area contributed by atoms with Gasteiger partial charge in [-0.15, -0.1) is 7.94 Å². The van der Waals surface area contributed by atoms with Gasteiger partial charge in [-0.2, -0.15) is 8.42 Å². The van der Waals surface area contributed by atoms with E-state index in [0.717, 1.165) is 36.1 Å². The van der Waals surface area contributed by atoms with Crippen LogP contribution in [0.15, 0.2) is 48.5 Å². The zero-order valence-electron chi connectivity index (χ0n) is 16.2. The van der Waals surface area contributed by atoms with Gasteiger partial charge in [0.1, 0.15) is 11.5 Å². The average molecular weight is 440 g/mol. The highest BCUT2D eigenvalue weighted by Crippen LogP contribution is 2.41. The van der Waals surface area contributed by atoms with Crippen LogP contribution in [0.5, 0.6) is 11.5 Å². The zero-order valence-corrected chi connectivity index (χ0v) is 17.9. The number of hydrogen-bond donors (Lipinski definition) is 1. The maximum absolute atomic E-state index is 11.1. The zero-order chi connectivity index (χ0) is 21.5. The predicted molar refractivity (Wildman–Crippen MR) is 107 cm³/mol. The second-order valence-electron chi connectivity index (χ2n) is 6.86. The molecule has 9 heteroatoms. The van der Waals surface area contributed by atoms with Crippen molar-refractivity contribution in [2.24, 2.45) is 0 Å². The second-order valence-corrected chi connectivity index (χ2v) is 10.5. The summed E-state index contributed by atoms with van der Waals surface area (Å²) in [5.74, 6) is 1.37. The van der Waals surface area contributed by atoms with E-state index in [1.54, 1.807) is 24.3 Å². The van der Waals surface area contributed by atoms with E-state index >= 15 is 0 Å². The van der Waals surface area contributed by atoms with Gasteiger partial charge in [0.25, 0.3) is 0 Å². The lowest BCUT2D eigenvalue weighted by Gasteiger charge is -2.46. The smallest absolute Gasteiger partial charge is 0.301 e. The van der Waals surface area contributed by atoms with E-state index in [0.29, 0.717) is 12.2 Å². The van der Waals surface area contributed by atoms with Gasteiger partial charge >= 0.3 is 10.1 Å². The van der Waals surface area contributed by atoms with Gasteiger partial charge in [-0.1, -0.05) is 43.7 Å². The minimum Gasteiger partial charge on any atom is -0.687 e. The van der Waals surface area contributed by atoms with Gasteiger partial charge < -0.3 is 19.4 Å². The fourth-order valence-electron chi connectivity index (χ4n) is 3.02. The van der Waals surface area contributed by atoms with Gasteiger partial charge in [-0.3, -0.25) is 4.55 Å². The van der Waals surface area contributed by atoms with Crippen molar-refractivity contribution < 1.29 is 32.4 Å². The van der Waals surface area contributed by atoms with E-state index < -0.39 is 29.5 Å². The Morgan fingerprint density at radius 2 is 1.76 bits per heavy atom. The van der Waals surface area contributed by atoms with Crippen LogP contribution in [0, 0.1) is 0 Å². The molecule has 1 atom stereocenters. The van der Waals surface area contributed by atoms with Crippen molar-refractivity contribution in [1.29, 1.82) is 0 Å². The van der Waals surface area contributed by atoms with Gasteiger partial charge in [0, 0.05) is 6.42 Å². The van der Waals surface area contributed by atoms with Crippen LogP contribution in [0.25, 0.3) is 0 Å². The molecule has 160 valence electrons. The Morgan fingerprint density at radius 3 is 2.41 bits per heavy atom. The highest BCUT2D eigenvalue weighted by atomic mass is 32.2. The SMILES string of the molecule is CCCCc1ccccc1Oc1cccc(CCCC([P+]([O-])([O-])[O-])S(=O)(=O)O)c1. The van der Waals surface area contributed by atoms with Crippen LogP contribution in [-0.2, 0) is 23.0 Å². The Morgan fingerprint density at radius 1 is 1.03 bits per heavy atom. The lowest BCUT2D eigenvalue weighted by Crippen LogP contribution is -2.44. The third-order valence-electron chi connectivity index (χ3n) is 4.51. The molecule has 0 saturated carbocycles. The molecule has 0 aliphatic carbocycles. The molecule has 0 aromatic heterocycles. The van der Waals surface area contributed by atoms with Crippen molar-refractivity contribution in [3.8, 4) is 11.5 Å². The van der Waals surface area contributed by atoms with E-state index in [2.05, 4.69) is 6.92 Å². The molecule has 0 heterocycles. The number of rotatable bonds is 11. The van der Waals surface area contributed by atoms with Crippen LogP contribution in [0.1, 0.15) is 43.7 Å². The Hall–Kier alpha value is -1.54. The summed E-state index contributed by atoms with van der Waals surface area (Å²) in [6, 6.07) is 14.9. The molecule has 0 saturated heterocycles. The lowest BCUT2D eigenvalue weighted by atomic mass is 10.1. The maximum Gasteiger partial charge on any atom is 0.301 e. The van der Waals surface area contributed by atoms with Crippen molar-refractivity contribution in [1.82, 2.24) is 0 Å². The summed E-state index contributed by atoms with van der Waals surface area (Å²) in [6.45, 7) is 2.12. The summed E-state index contributed by atoms with van der Waals surface area (Å²) in [6.07, 6.45) is 3.02. The highest BCUT2D eigenvalue weighted by molar-refractivity contribution is 7.94. The molecule has 0 aliphatic rings. The Bertz CT molecular complexity index is 894. The molecule has 2 rings (SSSR count). The van der Waals surface area contributed by atoms with E-state index in [1.807, 2.05) is 24.3 Å². The summed E-state index contributed by atoms with van der Waals surface area (Å²) >= 11 is 0. The quantitative estimate of drug-likeness (QED) is 0.418. The van der Waals surface area contributed by atoms with Crippen LogP contribution in [0.2, 0.25) is 0 Å². The van der Waals surface area contributed by atoms with Gasteiger partial charge in [-0.05, 0) is 55.0 Å². The molecule has 0 fully saturated rings. The summed E-state index contributed by atoms with van der Waals surface area (Å²) in [5.41, 5.74) is 1.91. The molecule has 0 spiro atoms. The van der Waals surface area contributed by atoms with Gasteiger partial charge in [0.05, 0.1) is 0 Å². The highest BCUT2D eigenvalue weighted by Gasteiger charge is 2.30. The van der Waals surface area contributed by atoms with E-state index in [9.17, 15) is 23.1 Å². The molecule has 1 unspecified atom stereocenters. The molecule has 0 bridgehead atoms. The first-order valence-corrected chi connectivity index (χ1v) is 12.6. The number of benzene rings is 2. The van der Waals surface area contributed by atoms with Crippen molar-refractivity contribution in [2.75, 3.05) is 0 Å². The molecule has 2 aromatic rings. The molecule has 0 aliphatic heterocycles. The molecule has 29 heavy (non-hydrogen) atoms. The van der Waals surface area contributed by atoms with Gasteiger partial charge in [0.2, 0.25) is 0 Å². The third kappa shape index (κ3) is 7.66. The van der Waals surface area contributed by atoms with Crippen molar-refractivity contribution in [3.05, 3.63) is 59.7 Å². The lowest BCUT2D eigenvalue weighted by molar-refractivity contribution is -0.428. The minimum atomic E-state index is -5.45. The summed E-state index contributed by atoms with van der Waals surface area (Å²) in [5, 5.41) is 0. The minimum absolute atomic E-state index is 0.107. The third-order valence-corrected chi connectivity index (χ3v) is 7.97. The number of para-hydroxylation sites is 1. The first-order valence-electron chi connectivity index (χ1n) is 9.44. The fourth-order valence-corrected chi connectivity index (χ4v) is 5.29. The van der Waals surface area contributed by atoms with Crippen LogP contribution in [0.4, 0.5) is 0 Å². The van der Waals surface area contributed by atoms with Gasteiger partial charge in [0.15, 0.2) is 4.99 Å². The summed E-state index contributed by atoms with van der Waals surface area (Å²) < 4.78 is 37.3. The normalized spacial score (nSPS) is 13.3. The monoisotopic (exact) mass is 440 g/mol. The number of hydrogen-bond acceptors (Lipinski definition) is 6. The van der Waals surface area contributed by atoms with Crippen molar-refractivity contribution >= 4 is 18.1 Å². The van der Waals surface area contributed by atoms with E-state index in [4.69, 9.17) is 9.29 Å². The van der Waals surface area contributed by atoms with E-state index in [1.165, 1.54) is 0 Å². The molecule has 7 nitrogen and oxygen atoms in total. The molecular formula is C20H25O7PS-2. The fraction of sp³-hybridized carbons (Fsp3) is 0.400. The second kappa shape index (κ2) is 10.5. The molecule has 2 aromatic carbocycles. The Labute approximate surface area is 172 Å². The molecule has 1 N–H and O–H groups in total. The molecule has 0 amide bonds. The van der Waals surface area contributed by atoms with Crippen LogP contribution < -0.4 is 19.4 Å². The number of ether oxygens (including phenoxy) is 1. The first-order chi connectivity index (χ1) is 13.6. The number of aryl methyl sites for hydroxylation is 2. The maximum atomic E-state index is 11.1. The molecule has 0 radical (unpaired) electrons. The van der Waals surface area contributed by atoms with Gasteiger partial charge in [-0.25, -0.2) is 0 Å². The van der Waals surface area contributed by atoms with Crippen molar-refractivity contribution in [3.63, 3.8) is 0 Å². The largest absolute Gasteiger partial charge is 0.687 e. The summed E-state index contributed by atoms with van der Waals surface area (Å²) in [4.78, 5) is 31.0. The Balaban J connectivity index is 2.03. The number of unbranched alkanes of at least 4 members (excludes halogenated alkanes) is 1. The average Bonchev–Trinajstić information content (AvgIpc) is 2.63. The standard InChI is InChI=1S/C20H27O7PS/c1-2-3-10-17-11-4-5-13-19(17)27-18-12-6-8-16(15-18)9-7-14-20(28(21,22)23)29(24,25)26/h4-6,8,11-13,15,20H,2-3,7,9-10,14H2,1H3,(H2,21,22,23)(H,24,25,26)/p-2. The Kier molecular flexibility index (Phi) is 8.58. The van der Waals surface area contributed by atoms with Crippen LogP contribution in [0.3, 0.4) is 0 Å². The van der Waals surface area contributed by atoms with Crippen LogP contribution in [-0.4, -0.2) is 18.0 Å². The van der Waals surface area contributed by atoms with Crippen molar-refractivity contribution in [2.45, 2.75) is 50.4 Å². The van der Waals surface area contributed by atoms with E-state index in [-0.39, 0.29) is 6.42 Å².